The zero-order chi connectivity index (χ0) is 14.5. The Kier molecular flexibility index (Phi) is 5.08. The Hall–Kier alpha value is -1.47. The molecule has 1 aromatic rings. The summed E-state index contributed by atoms with van der Waals surface area (Å²) in [4.78, 5) is 27.5. The van der Waals surface area contributed by atoms with Gasteiger partial charge in [0.05, 0.1) is 24.8 Å². The number of thiazole rings is 1. The highest BCUT2D eigenvalue weighted by molar-refractivity contribution is 7.13. The SMILES string of the molecule is CCOC(=O)Cc1csc(NC(=O)C2CCC(C)O2)n1. The fourth-order valence-corrected chi connectivity index (χ4v) is 2.70. The Labute approximate surface area is 121 Å². The van der Waals surface area contributed by atoms with E-state index in [2.05, 4.69) is 10.3 Å². The topological polar surface area (TPSA) is 77.5 Å². The number of aromatic nitrogens is 1. The minimum atomic E-state index is -0.401. The van der Waals surface area contributed by atoms with Gasteiger partial charge in [0, 0.05) is 5.38 Å². The maximum absolute atomic E-state index is 11.9. The molecular formula is C13H18N2O4S. The average molecular weight is 298 g/mol. The van der Waals surface area contributed by atoms with Crippen molar-refractivity contribution in [2.24, 2.45) is 0 Å². The lowest BCUT2D eigenvalue weighted by Gasteiger charge is -2.09. The highest BCUT2D eigenvalue weighted by atomic mass is 32.1. The van der Waals surface area contributed by atoms with Gasteiger partial charge in [-0.15, -0.1) is 11.3 Å². The maximum atomic E-state index is 11.9. The fourth-order valence-electron chi connectivity index (χ4n) is 1.99. The molecule has 0 saturated carbocycles. The van der Waals surface area contributed by atoms with Gasteiger partial charge in [-0.1, -0.05) is 0 Å². The van der Waals surface area contributed by atoms with Crippen molar-refractivity contribution in [1.82, 2.24) is 4.98 Å². The number of nitrogens with zero attached hydrogens (tertiary/aromatic N) is 1. The molecule has 2 atom stereocenters. The Morgan fingerprint density at radius 2 is 2.35 bits per heavy atom. The molecule has 0 spiro atoms. The third kappa shape index (κ3) is 4.01. The summed E-state index contributed by atoms with van der Waals surface area (Å²) >= 11 is 1.29. The fraction of sp³-hybridized carbons (Fsp3) is 0.615. The molecule has 0 radical (unpaired) electrons. The first-order chi connectivity index (χ1) is 9.58. The molecule has 1 aliphatic rings. The van der Waals surface area contributed by atoms with E-state index in [-0.39, 0.29) is 24.4 Å². The summed E-state index contributed by atoms with van der Waals surface area (Å²) in [6.45, 7) is 4.06. The van der Waals surface area contributed by atoms with Crippen LogP contribution in [-0.4, -0.2) is 35.7 Å². The summed E-state index contributed by atoms with van der Waals surface area (Å²) in [6, 6.07) is 0. The minimum Gasteiger partial charge on any atom is -0.466 e. The van der Waals surface area contributed by atoms with Gasteiger partial charge in [0.2, 0.25) is 0 Å². The van der Waals surface area contributed by atoms with Crippen molar-refractivity contribution in [2.75, 3.05) is 11.9 Å². The Bertz CT molecular complexity index is 488. The van der Waals surface area contributed by atoms with Gasteiger partial charge in [-0.2, -0.15) is 0 Å². The quantitative estimate of drug-likeness (QED) is 0.838. The van der Waals surface area contributed by atoms with Crippen molar-refractivity contribution in [1.29, 1.82) is 0 Å². The number of carbonyl (C=O) groups excluding carboxylic acids is 2. The minimum absolute atomic E-state index is 0.122. The van der Waals surface area contributed by atoms with E-state index in [0.717, 1.165) is 12.8 Å². The third-order valence-corrected chi connectivity index (χ3v) is 3.74. The molecule has 20 heavy (non-hydrogen) atoms. The zero-order valence-electron chi connectivity index (χ0n) is 11.5. The average Bonchev–Trinajstić information content (AvgIpc) is 2.99. The van der Waals surface area contributed by atoms with Gasteiger partial charge in [0.1, 0.15) is 6.10 Å². The smallest absolute Gasteiger partial charge is 0.311 e. The van der Waals surface area contributed by atoms with E-state index in [9.17, 15) is 9.59 Å². The predicted octanol–water partition coefficient (Wildman–Crippen LogP) is 1.75. The number of amides is 1. The molecule has 1 N–H and O–H groups in total. The van der Waals surface area contributed by atoms with Crippen LogP contribution in [0.2, 0.25) is 0 Å². The van der Waals surface area contributed by atoms with Gasteiger partial charge in [-0.05, 0) is 26.7 Å². The van der Waals surface area contributed by atoms with Crippen molar-refractivity contribution in [2.45, 2.75) is 45.3 Å². The van der Waals surface area contributed by atoms with Gasteiger partial charge < -0.3 is 9.47 Å². The predicted molar refractivity (Wildman–Crippen MR) is 74.6 cm³/mol. The third-order valence-electron chi connectivity index (χ3n) is 2.94. The molecular weight excluding hydrogens is 280 g/mol. The van der Waals surface area contributed by atoms with Crippen LogP contribution in [0.4, 0.5) is 5.13 Å². The van der Waals surface area contributed by atoms with Crippen LogP contribution >= 0.6 is 11.3 Å². The van der Waals surface area contributed by atoms with Crippen LogP contribution in [0.3, 0.4) is 0 Å². The van der Waals surface area contributed by atoms with Crippen molar-refractivity contribution in [3.8, 4) is 0 Å². The van der Waals surface area contributed by atoms with Gasteiger partial charge >= 0.3 is 5.97 Å². The van der Waals surface area contributed by atoms with E-state index in [1.807, 2.05) is 6.92 Å². The molecule has 2 rings (SSSR count). The Morgan fingerprint density at radius 1 is 1.55 bits per heavy atom. The molecule has 1 aromatic heterocycles. The summed E-state index contributed by atoms with van der Waals surface area (Å²) < 4.78 is 10.3. The second kappa shape index (κ2) is 6.81. The van der Waals surface area contributed by atoms with Crippen molar-refractivity contribution < 1.29 is 19.1 Å². The van der Waals surface area contributed by atoms with Crippen LogP contribution < -0.4 is 5.32 Å². The second-order valence-electron chi connectivity index (χ2n) is 4.63. The molecule has 2 heterocycles. The van der Waals surface area contributed by atoms with Crippen LogP contribution in [0.1, 0.15) is 32.4 Å². The number of ether oxygens (including phenoxy) is 2. The van der Waals surface area contributed by atoms with Crippen LogP contribution in [0.15, 0.2) is 5.38 Å². The van der Waals surface area contributed by atoms with Gasteiger partial charge in [-0.25, -0.2) is 4.98 Å². The lowest BCUT2D eigenvalue weighted by Crippen LogP contribution is -2.27. The van der Waals surface area contributed by atoms with Gasteiger partial charge in [0.15, 0.2) is 5.13 Å². The monoisotopic (exact) mass is 298 g/mol. The summed E-state index contributed by atoms with van der Waals surface area (Å²) in [5.74, 6) is -0.491. The normalized spacial score (nSPS) is 21.7. The van der Waals surface area contributed by atoms with E-state index in [0.29, 0.717) is 17.4 Å². The number of hydrogen-bond acceptors (Lipinski definition) is 6. The number of nitrogens with one attached hydrogen (secondary N) is 1. The highest BCUT2D eigenvalue weighted by Gasteiger charge is 2.28. The molecule has 1 aliphatic heterocycles. The van der Waals surface area contributed by atoms with Crippen LogP contribution in [0.5, 0.6) is 0 Å². The number of anilines is 1. The Morgan fingerprint density at radius 3 is 3.00 bits per heavy atom. The van der Waals surface area contributed by atoms with E-state index in [1.165, 1.54) is 11.3 Å². The van der Waals surface area contributed by atoms with E-state index < -0.39 is 6.10 Å². The van der Waals surface area contributed by atoms with E-state index >= 15 is 0 Å². The summed E-state index contributed by atoms with van der Waals surface area (Å²) in [7, 11) is 0. The van der Waals surface area contributed by atoms with Crippen LogP contribution in [-0.2, 0) is 25.5 Å². The molecule has 1 fully saturated rings. The molecule has 1 amide bonds. The number of hydrogen-bond donors (Lipinski definition) is 1. The second-order valence-corrected chi connectivity index (χ2v) is 5.49. The van der Waals surface area contributed by atoms with Crippen molar-refractivity contribution in [3.63, 3.8) is 0 Å². The summed E-state index contributed by atoms with van der Waals surface area (Å²) in [5.41, 5.74) is 0.601. The molecule has 1 saturated heterocycles. The zero-order valence-corrected chi connectivity index (χ0v) is 12.4. The van der Waals surface area contributed by atoms with Crippen LogP contribution in [0, 0.1) is 0 Å². The number of esters is 1. The maximum Gasteiger partial charge on any atom is 0.311 e. The molecule has 6 nitrogen and oxygen atoms in total. The standard InChI is InChI=1S/C13H18N2O4S/c1-3-18-11(16)6-9-7-20-13(14-9)15-12(17)10-5-4-8(2)19-10/h7-8,10H,3-6H2,1-2H3,(H,14,15,17). The Balaban J connectivity index is 1.86. The highest BCUT2D eigenvalue weighted by Crippen LogP contribution is 2.22. The molecule has 110 valence electrons. The largest absolute Gasteiger partial charge is 0.466 e. The van der Waals surface area contributed by atoms with E-state index in [4.69, 9.17) is 9.47 Å². The molecule has 7 heteroatoms. The molecule has 0 aliphatic carbocycles. The molecule has 2 unspecified atom stereocenters. The first-order valence-corrected chi connectivity index (χ1v) is 7.52. The first kappa shape index (κ1) is 14.9. The molecule has 0 bridgehead atoms. The number of rotatable bonds is 5. The summed E-state index contributed by atoms with van der Waals surface area (Å²) in [5, 5.41) is 4.95. The summed E-state index contributed by atoms with van der Waals surface area (Å²) in [6.07, 6.45) is 1.47. The van der Waals surface area contributed by atoms with Gasteiger partial charge in [-0.3, -0.25) is 14.9 Å². The van der Waals surface area contributed by atoms with Crippen molar-refractivity contribution >= 4 is 28.3 Å². The van der Waals surface area contributed by atoms with Gasteiger partial charge in [0.25, 0.3) is 5.91 Å². The molecule has 0 aromatic carbocycles. The lowest BCUT2D eigenvalue weighted by atomic mass is 10.2. The van der Waals surface area contributed by atoms with Crippen molar-refractivity contribution in [3.05, 3.63) is 11.1 Å². The van der Waals surface area contributed by atoms with Crippen LogP contribution in [0.25, 0.3) is 0 Å². The first-order valence-electron chi connectivity index (χ1n) is 6.64. The lowest BCUT2D eigenvalue weighted by molar-refractivity contribution is -0.142. The van der Waals surface area contributed by atoms with E-state index in [1.54, 1.807) is 12.3 Å². The number of carbonyl (C=O) groups is 2.